The quantitative estimate of drug-likeness (QED) is 0.677. The second-order valence-corrected chi connectivity index (χ2v) is 5.96. The SMILES string of the molecule is CC(Br)C(=O)N1CCN2CCCCC2C1. The van der Waals surface area contributed by atoms with E-state index in [2.05, 4.69) is 20.8 Å². The van der Waals surface area contributed by atoms with E-state index in [-0.39, 0.29) is 10.7 Å². The number of piperazine rings is 1. The first-order valence-electron chi connectivity index (χ1n) is 5.85. The van der Waals surface area contributed by atoms with Crippen molar-refractivity contribution in [2.45, 2.75) is 37.1 Å². The second-order valence-electron chi connectivity index (χ2n) is 4.59. The Morgan fingerprint density at radius 3 is 2.87 bits per heavy atom. The fraction of sp³-hybridized carbons (Fsp3) is 0.909. The molecule has 0 radical (unpaired) electrons. The summed E-state index contributed by atoms with van der Waals surface area (Å²) in [7, 11) is 0. The van der Waals surface area contributed by atoms with Crippen LogP contribution in [0.25, 0.3) is 0 Å². The lowest BCUT2D eigenvalue weighted by Gasteiger charge is -2.44. The predicted molar refractivity (Wildman–Crippen MR) is 64.2 cm³/mol. The molecular weight excluding hydrogens is 256 g/mol. The van der Waals surface area contributed by atoms with Crippen LogP contribution in [0.1, 0.15) is 26.2 Å². The highest BCUT2D eigenvalue weighted by Gasteiger charge is 2.31. The lowest BCUT2D eigenvalue weighted by atomic mass is 9.99. The molecule has 0 aromatic rings. The van der Waals surface area contributed by atoms with Gasteiger partial charge < -0.3 is 4.90 Å². The first-order chi connectivity index (χ1) is 7.18. The number of halogens is 1. The van der Waals surface area contributed by atoms with E-state index in [4.69, 9.17) is 0 Å². The van der Waals surface area contributed by atoms with Gasteiger partial charge in [-0.25, -0.2) is 0 Å². The van der Waals surface area contributed by atoms with E-state index in [0.717, 1.165) is 19.6 Å². The summed E-state index contributed by atoms with van der Waals surface area (Å²) in [5.41, 5.74) is 0. The van der Waals surface area contributed by atoms with Crippen molar-refractivity contribution in [2.75, 3.05) is 26.2 Å². The first-order valence-corrected chi connectivity index (χ1v) is 6.77. The summed E-state index contributed by atoms with van der Waals surface area (Å²) in [6.45, 7) is 6.06. The van der Waals surface area contributed by atoms with Crippen molar-refractivity contribution in [3.63, 3.8) is 0 Å². The van der Waals surface area contributed by atoms with Gasteiger partial charge in [-0.1, -0.05) is 22.4 Å². The van der Waals surface area contributed by atoms with Gasteiger partial charge in [-0.3, -0.25) is 9.69 Å². The standard InChI is InChI=1S/C11H19BrN2O/c1-9(12)11(15)14-7-6-13-5-3-2-4-10(13)8-14/h9-10H,2-8H2,1H3. The Morgan fingerprint density at radius 2 is 2.13 bits per heavy atom. The zero-order valence-electron chi connectivity index (χ0n) is 9.29. The Balaban J connectivity index is 1.93. The maximum atomic E-state index is 11.8. The Morgan fingerprint density at radius 1 is 1.33 bits per heavy atom. The number of nitrogens with zero attached hydrogens (tertiary/aromatic N) is 2. The molecule has 0 aromatic heterocycles. The number of carbonyl (C=O) groups is 1. The Bertz CT molecular complexity index is 245. The molecule has 0 aromatic carbocycles. The monoisotopic (exact) mass is 274 g/mol. The summed E-state index contributed by atoms with van der Waals surface area (Å²) >= 11 is 3.36. The summed E-state index contributed by atoms with van der Waals surface area (Å²) in [6, 6.07) is 0.628. The fourth-order valence-corrected chi connectivity index (χ4v) is 2.90. The van der Waals surface area contributed by atoms with Gasteiger partial charge in [-0.15, -0.1) is 0 Å². The number of alkyl halides is 1. The van der Waals surface area contributed by atoms with Gasteiger partial charge in [0.15, 0.2) is 0 Å². The van der Waals surface area contributed by atoms with E-state index in [0.29, 0.717) is 6.04 Å². The van der Waals surface area contributed by atoms with Crippen molar-refractivity contribution in [1.29, 1.82) is 0 Å². The van der Waals surface area contributed by atoms with Gasteiger partial charge in [0.1, 0.15) is 0 Å². The molecule has 2 fully saturated rings. The lowest BCUT2D eigenvalue weighted by molar-refractivity contribution is -0.133. The molecule has 2 saturated heterocycles. The smallest absolute Gasteiger partial charge is 0.236 e. The number of fused-ring (bicyclic) bond motifs is 1. The summed E-state index contributed by atoms with van der Waals surface area (Å²) < 4.78 is 0. The summed E-state index contributed by atoms with van der Waals surface area (Å²) in [6.07, 6.45) is 3.92. The molecule has 4 heteroatoms. The maximum Gasteiger partial charge on any atom is 0.236 e. The van der Waals surface area contributed by atoms with Crippen LogP contribution < -0.4 is 0 Å². The maximum absolute atomic E-state index is 11.8. The lowest BCUT2D eigenvalue weighted by Crippen LogP contribution is -2.57. The van der Waals surface area contributed by atoms with Crippen molar-refractivity contribution >= 4 is 21.8 Å². The first kappa shape index (κ1) is 11.4. The number of hydrogen-bond donors (Lipinski definition) is 0. The minimum absolute atomic E-state index is 0.0346. The molecule has 0 bridgehead atoms. The van der Waals surface area contributed by atoms with Crippen LogP contribution in [0.15, 0.2) is 0 Å². The Labute approximate surface area is 99.9 Å². The number of rotatable bonds is 1. The van der Waals surface area contributed by atoms with Crippen LogP contribution in [0.2, 0.25) is 0 Å². The molecule has 1 amide bonds. The number of hydrogen-bond acceptors (Lipinski definition) is 2. The van der Waals surface area contributed by atoms with Crippen molar-refractivity contribution in [2.24, 2.45) is 0 Å². The molecule has 2 heterocycles. The van der Waals surface area contributed by atoms with Gasteiger partial charge in [0.2, 0.25) is 5.91 Å². The highest BCUT2D eigenvalue weighted by molar-refractivity contribution is 9.10. The third-order valence-electron chi connectivity index (χ3n) is 3.49. The van der Waals surface area contributed by atoms with Gasteiger partial charge in [0.25, 0.3) is 0 Å². The van der Waals surface area contributed by atoms with Crippen LogP contribution in [0.5, 0.6) is 0 Å². The topological polar surface area (TPSA) is 23.6 Å². The number of amides is 1. The van der Waals surface area contributed by atoms with Crippen molar-refractivity contribution < 1.29 is 4.79 Å². The molecule has 0 N–H and O–H groups in total. The molecule has 86 valence electrons. The van der Waals surface area contributed by atoms with Crippen molar-refractivity contribution in [3.8, 4) is 0 Å². The summed E-state index contributed by atoms with van der Waals surface area (Å²) in [4.78, 5) is 16.4. The van der Waals surface area contributed by atoms with Crippen LogP contribution >= 0.6 is 15.9 Å². The van der Waals surface area contributed by atoms with Crippen molar-refractivity contribution in [3.05, 3.63) is 0 Å². The molecule has 2 aliphatic heterocycles. The minimum atomic E-state index is -0.0346. The van der Waals surface area contributed by atoms with E-state index in [1.807, 2.05) is 11.8 Å². The molecule has 0 aliphatic carbocycles. The van der Waals surface area contributed by atoms with Crippen LogP contribution in [-0.4, -0.2) is 52.8 Å². The number of piperidine rings is 1. The summed E-state index contributed by atoms with van der Waals surface area (Å²) in [5, 5.41) is 0. The van der Waals surface area contributed by atoms with E-state index in [1.165, 1.54) is 25.8 Å². The third-order valence-corrected chi connectivity index (χ3v) is 3.88. The van der Waals surface area contributed by atoms with Gasteiger partial charge >= 0.3 is 0 Å². The van der Waals surface area contributed by atoms with Crippen LogP contribution in [0.3, 0.4) is 0 Å². The van der Waals surface area contributed by atoms with Gasteiger partial charge in [-0.05, 0) is 26.3 Å². The van der Waals surface area contributed by atoms with E-state index < -0.39 is 0 Å². The van der Waals surface area contributed by atoms with Crippen LogP contribution in [-0.2, 0) is 4.79 Å². The van der Waals surface area contributed by atoms with Crippen LogP contribution in [0, 0.1) is 0 Å². The van der Waals surface area contributed by atoms with Gasteiger partial charge in [0.05, 0.1) is 4.83 Å². The van der Waals surface area contributed by atoms with E-state index in [9.17, 15) is 4.79 Å². The average molecular weight is 275 g/mol. The third kappa shape index (κ3) is 2.53. The van der Waals surface area contributed by atoms with Crippen molar-refractivity contribution in [1.82, 2.24) is 9.80 Å². The zero-order chi connectivity index (χ0) is 10.8. The second kappa shape index (κ2) is 4.83. The summed E-state index contributed by atoms with van der Waals surface area (Å²) in [5.74, 6) is 0.250. The minimum Gasteiger partial charge on any atom is -0.339 e. The van der Waals surface area contributed by atoms with E-state index in [1.54, 1.807) is 0 Å². The highest BCUT2D eigenvalue weighted by Crippen LogP contribution is 2.21. The molecule has 2 unspecified atom stereocenters. The highest BCUT2D eigenvalue weighted by atomic mass is 79.9. The van der Waals surface area contributed by atoms with Gasteiger partial charge in [0, 0.05) is 25.7 Å². The molecule has 0 saturated carbocycles. The average Bonchev–Trinajstić information content (AvgIpc) is 2.27. The Hall–Kier alpha value is -0.0900. The number of carbonyl (C=O) groups excluding carboxylic acids is 1. The molecule has 15 heavy (non-hydrogen) atoms. The molecule has 2 rings (SSSR count). The zero-order valence-corrected chi connectivity index (χ0v) is 10.9. The molecular formula is C11H19BrN2O. The fourth-order valence-electron chi connectivity index (χ4n) is 2.61. The molecule has 3 nitrogen and oxygen atoms in total. The molecule has 0 spiro atoms. The van der Waals surface area contributed by atoms with E-state index >= 15 is 0 Å². The molecule has 2 atom stereocenters. The predicted octanol–water partition coefficient (Wildman–Crippen LogP) is 1.47. The Kier molecular flexibility index (Phi) is 3.67. The largest absolute Gasteiger partial charge is 0.339 e. The van der Waals surface area contributed by atoms with Gasteiger partial charge in [-0.2, -0.15) is 0 Å². The normalized spacial score (nSPS) is 29.7. The van der Waals surface area contributed by atoms with Crippen LogP contribution in [0.4, 0.5) is 0 Å². The molecule has 2 aliphatic rings.